The van der Waals surface area contributed by atoms with E-state index in [-0.39, 0.29) is 0 Å². The van der Waals surface area contributed by atoms with Crippen LogP contribution in [-0.4, -0.2) is 9.13 Å². The van der Waals surface area contributed by atoms with Crippen molar-refractivity contribution in [1.82, 2.24) is 9.13 Å². The number of nitrogens with zero attached hydrogens (tertiary/aromatic N) is 4. The number of fused-ring (bicyclic) bond motifs is 6. The van der Waals surface area contributed by atoms with E-state index in [1.54, 1.807) is 0 Å². The maximum absolute atomic E-state index is 11.2. The number of rotatable bonds is 5. The lowest BCUT2D eigenvalue weighted by molar-refractivity contribution is 1.13. The monoisotopic (exact) mass is 784 g/mol. The summed E-state index contributed by atoms with van der Waals surface area (Å²) in [6, 6.07) is 54.9. The standard InChI is InChI=1S/C57H44N4/c1-33-20-36(4)56(37(5)21-33)41-16-18-52-48(27-41)45-12-8-10-14-50(45)60(52)54-30-47(43-25-35(3)24-40(26-43)31-58)55(29-44(54)32-59)61-51-15-11-9-13-46(51)49-28-42(17-19-53(49)61)57-38(6)22-34(2)23-39(57)7/h8-30H,1-7H3. The van der Waals surface area contributed by atoms with Crippen molar-refractivity contribution >= 4 is 43.6 Å². The molecule has 0 bridgehead atoms. The Bertz CT molecular complexity index is 3530. The zero-order valence-electron chi connectivity index (χ0n) is 35.6. The van der Waals surface area contributed by atoms with Crippen LogP contribution in [0.3, 0.4) is 0 Å². The smallest absolute Gasteiger partial charge is 0.101 e. The van der Waals surface area contributed by atoms with Crippen molar-refractivity contribution in [3.05, 3.63) is 190 Å². The number of nitriles is 2. The third-order valence-electron chi connectivity index (χ3n) is 12.5. The van der Waals surface area contributed by atoms with Crippen molar-refractivity contribution in [3.63, 3.8) is 0 Å². The van der Waals surface area contributed by atoms with Gasteiger partial charge in [-0.05, 0) is 165 Å². The quantitative estimate of drug-likeness (QED) is 0.174. The highest BCUT2D eigenvalue weighted by Crippen LogP contribution is 2.43. The predicted molar refractivity (Wildman–Crippen MR) is 254 cm³/mol. The van der Waals surface area contributed by atoms with E-state index in [0.717, 1.165) is 71.7 Å². The molecule has 10 aromatic rings. The van der Waals surface area contributed by atoms with E-state index < -0.39 is 0 Å². The summed E-state index contributed by atoms with van der Waals surface area (Å²) in [7, 11) is 0. The molecule has 0 unspecified atom stereocenters. The largest absolute Gasteiger partial charge is 0.309 e. The molecule has 0 aliphatic heterocycles. The molecule has 0 fully saturated rings. The average Bonchev–Trinajstić information content (AvgIpc) is 3.74. The Kier molecular flexibility index (Phi) is 8.79. The maximum atomic E-state index is 11.2. The zero-order valence-corrected chi connectivity index (χ0v) is 35.6. The Morgan fingerprint density at radius 2 is 0.836 bits per heavy atom. The highest BCUT2D eigenvalue weighted by Gasteiger charge is 2.23. The summed E-state index contributed by atoms with van der Waals surface area (Å²) in [5, 5.41) is 25.9. The first kappa shape index (κ1) is 37.6. The summed E-state index contributed by atoms with van der Waals surface area (Å²) in [6.45, 7) is 15.1. The second kappa shape index (κ2) is 14.3. The number of hydrogen-bond donors (Lipinski definition) is 0. The molecule has 0 saturated heterocycles. The summed E-state index contributed by atoms with van der Waals surface area (Å²) in [5.41, 5.74) is 22.2. The lowest BCUT2D eigenvalue weighted by Crippen LogP contribution is -2.04. The van der Waals surface area contributed by atoms with Crippen molar-refractivity contribution in [2.24, 2.45) is 0 Å². The van der Waals surface area contributed by atoms with Gasteiger partial charge >= 0.3 is 0 Å². The molecule has 0 amide bonds. The summed E-state index contributed by atoms with van der Waals surface area (Å²) in [4.78, 5) is 0. The molecule has 0 aliphatic carbocycles. The molecule has 4 heteroatoms. The molecule has 8 aromatic carbocycles. The number of aromatic nitrogens is 2. The second-order valence-corrected chi connectivity index (χ2v) is 16.9. The van der Waals surface area contributed by atoms with Crippen LogP contribution in [0.25, 0.3) is 88.4 Å². The molecule has 2 aromatic heterocycles. The van der Waals surface area contributed by atoms with E-state index in [9.17, 15) is 10.5 Å². The predicted octanol–water partition coefficient (Wildman–Crippen LogP) is 14.8. The van der Waals surface area contributed by atoms with Crippen LogP contribution >= 0.6 is 0 Å². The highest BCUT2D eigenvalue weighted by molar-refractivity contribution is 6.12. The van der Waals surface area contributed by atoms with Gasteiger partial charge in [0.1, 0.15) is 6.07 Å². The third-order valence-corrected chi connectivity index (χ3v) is 12.5. The summed E-state index contributed by atoms with van der Waals surface area (Å²) >= 11 is 0. The Morgan fingerprint density at radius 3 is 1.33 bits per heavy atom. The van der Waals surface area contributed by atoms with E-state index in [0.29, 0.717) is 11.1 Å². The Hall–Kier alpha value is -7.66. The first-order valence-corrected chi connectivity index (χ1v) is 20.9. The van der Waals surface area contributed by atoms with E-state index in [1.165, 1.54) is 55.6 Å². The van der Waals surface area contributed by atoms with Crippen molar-refractivity contribution in [3.8, 4) is 56.9 Å². The fourth-order valence-corrected chi connectivity index (χ4v) is 10.3. The van der Waals surface area contributed by atoms with Crippen LogP contribution in [-0.2, 0) is 0 Å². The van der Waals surface area contributed by atoms with Crippen LogP contribution in [0.4, 0.5) is 0 Å². The lowest BCUT2D eigenvalue weighted by atomic mass is 9.93. The molecular weight excluding hydrogens is 741 g/mol. The molecule has 0 saturated carbocycles. The van der Waals surface area contributed by atoms with E-state index in [2.05, 4.69) is 190 Å². The Labute approximate surface area is 356 Å². The van der Waals surface area contributed by atoms with Crippen LogP contribution in [0.2, 0.25) is 0 Å². The summed E-state index contributed by atoms with van der Waals surface area (Å²) in [6.07, 6.45) is 0. The van der Waals surface area contributed by atoms with Gasteiger partial charge in [-0.3, -0.25) is 0 Å². The van der Waals surface area contributed by atoms with Gasteiger partial charge in [0.05, 0.1) is 50.6 Å². The van der Waals surface area contributed by atoms with Crippen molar-refractivity contribution in [2.45, 2.75) is 48.5 Å². The van der Waals surface area contributed by atoms with Crippen molar-refractivity contribution in [2.75, 3.05) is 0 Å². The van der Waals surface area contributed by atoms with Crippen LogP contribution in [0, 0.1) is 71.1 Å². The first-order chi connectivity index (χ1) is 29.5. The number of aryl methyl sites for hydroxylation is 7. The second-order valence-electron chi connectivity index (χ2n) is 16.9. The zero-order chi connectivity index (χ0) is 42.3. The molecule has 292 valence electrons. The number of hydrogen-bond acceptors (Lipinski definition) is 2. The van der Waals surface area contributed by atoms with E-state index in [4.69, 9.17) is 0 Å². The Morgan fingerprint density at radius 1 is 0.377 bits per heavy atom. The Balaban J connectivity index is 1.28. The first-order valence-electron chi connectivity index (χ1n) is 20.9. The van der Waals surface area contributed by atoms with Crippen molar-refractivity contribution in [1.29, 1.82) is 10.5 Å². The average molecular weight is 785 g/mol. The van der Waals surface area contributed by atoms with Gasteiger partial charge in [-0.15, -0.1) is 0 Å². The topological polar surface area (TPSA) is 57.4 Å². The van der Waals surface area contributed by atoms with Gasteiger partial charge in [-0.1, -0.05) is 90.0 Å². The minimum atomic E-state index is 0.553. The van der Waals surface area contributed by atoms with Crippen LogP contribution < -0.4 is 0 Å². The minimum Gasteiger partial charge on any atom is -0.309 e. The van der Waals surface area contributed by atoms with Gasteiger partial charge in [0.2, 0.25) is 0 Å². The molecule has 0 radical (unpaired) electrons. The van der Waals surface area contributed by atoms with Gasteiger partial charge in [-0.2, -0.15) is 10.5 Å². The number of benzene rings is 8. The number of para-hydroxylation sites is 2. The molecule has 4 nitrogen and oxygen atoms in total. The van der Waals surface area contributed by atoms with Gasteiger partial charge in [-0.25, -0.2) is 0 Å². The van der Waals surface area contributed by atoms with Crippen LogP contribution in [0.5, 0.6) is 0 Å². The normalized spacial score (nSPS) is 11.5. The van der Waals surface area contributed by atoms with E-state index in [1.807, 2.05) is 19.1 Å². The molecule has 61 heavy (non-hydrogen) atoms. The lowest BCUT2D eigenvalue weighted by Gasteiger charge is -2.19. The van der Waals surface area contributed by atoms with Crippen LogP contribution in [0.1, 0.15) is 50.1 Å². The molecule has 10 rings (SSSR count). The van der Waals surface area contributed by atoms with Crippen molar-refractivity contribution < 1.29 is 0 Å². The van der Waals surface area contributed by atoms with Gasteiger partial charge < -0.3 is 9.13 Å². The molecule has 0 spiro atoms. The van der Waals surface area contributed by atoms with Gasteiger partial charge in [0, 0.05) is 27.1 Å². The molecule has 2 heterocycles. The van der Waals surface area contributed by atoms with E-state index >= 15 is 0 Å². The summed E-state index contributed by atoms with van der Waals surface area (Å²) < 4.78 is 4.56. The van der Waals surface area contributed by atoms with Crippen LogP contribution in [0.15, 0.2) is 140 Å². The minimum absolute atomic E-state index is 0.553. The van der Waals surface area contributed by atoms with Gasteiger partial charge in [0.25, 0.3) is 0 Å². The fraction of sp³-hybridized carbons (Fsp3) is 0.123. The molecule has 0 N–H and O–H groups in total. The summed E-state index contributed by atoms with van der Waals surface area (Å²) in [5.74, 6) is 0. The maximum Gasteiger partial charge on any atom is 0.101 e. The molecule has 0 aliphatic rings. The SMILES string of the molecule is Cc1cc(C#N)cc(-c2cc(-n3c4ccccc4c4cc(-c5c(C)cc(C)cc5C)ccc43)c(C#N)cc2-n2c3ccccc3c3cc(-c4c(C)cc(C)cc4C)ccc32)c1. The highest BCUT2D eigenvalue weighted by atomic mass is 15.0. The van der Waals surface area contributed by atoms with Gasteiger partial charge in [0.15, 0.2) is 0 Å². The fourth-order valence-electron chi connectivity index (χ4n) is 10.3. The third kappa shape index (κ3) is 6.03. The molecule has 0 atom stereocenters. The molecular formula is C57H44N4.